The van der Waals surface area contributed by atoms with E-state index in [0.717, 1.165) is 16.5 Å². The van der Waals surface area contributed by atoms with Crippen molar-refractivity contribution in [1.29, 1.82) is 0 Å². The molecule has 6 nitrogen and oxygen atoms in total. The SMILES string of the molecule is CC(NC(Cc1c[nH]c2ccccc12)C(=O)O)c1ccc(O)cc1O. The molecular weight excluding hydrogens is 320 g/mol. The highest BCUT2D eigenvalue weighted by molar-refractivity contribution is 5.84. The molecule has 2 aromatic carbocycles. The first kappa shape index (κ1) is 16.9. The summed E-state index contributed by atoms with van der Waals surface area (Å²) in [5.41, 5.74) is 2.41. The van der Waals surface area contributed by atoms with Gasteiger partial charge >= 0.3 is 5.97 Å². The Morgan fingerprint density at radius 3 is 2.68 bits per heavy atom. The first-order valence-electron chi connectivity index (χ1n) is 8.01. The lowest BCUT2D eigenvalue weighted by atomic mass is 10.0. The molecule has 130 valence electrons. The molecule has 5 N–H and O–H groups in total. The second kappa shape index (κ2) is 6.86. The molecule has 0 aliphatic heterocycles. The van der Waals surface area contributed by atoms with Gasteiger partial charge < -0.3 is 20.3 Å². The van der Waals surface area contributed by atoms with Crippen molar-refractivity contribution in [3.8, 4) is 11.5 Å². The van der Waals surface area contributed by atoms with Crippen LogP contribution in [0, 0.1) is 0 Å². The van der Waals surface area contributed by atoms with Crippen LogP contribution in [0.5, 0.6) is 11.5 Å². The molecule has 6 heteroatoms. The van der Waals surface area contributed by atoms with Crippen molar-refractivity contribution >= 4 is 16.9 Å². The van der Waals surface area contributed by atoms with Crippen LogP contribution in [-0.4, -0.2) is 32.3 Å². The van der Waals surface area contributed by atoms with Crippen molar-refractivity contribution in [3.05, 3.63) is 59.8 Å². The maximum Gasteiger partial charge on any atom is 0.321 e. The molecule has 2 unspecified atom stereocenters. The number of H-pyrrole nitrogens is 1. The molecule has 3 rings (SSSR count). The molecule has 3 aromatic rings. The first-order chi connectivity index (χ1) is 12.0. The van der Waals surface area contributed by atoms with Gasteiger partial charge in [-0.25, -0.2) is 0 Å². The number of para-hydroxylation sites is 1. The third kappa shape index (κ3) is 3.59. The van der Waals surface area contributed by atoms with Gasteiger partial charge in [-0.05, 0) is 24.6 Å². The molecule has 0 spiro atoms. The molecule has 0 aliphatic carbocycles. The normalized spacial score (nSPS) is 13.6. The number of hydrogen-bond acceptors (Lipinski definition) is 4. The van der Waals surface area contributed by atoms with Crippen molar-refractivity contribution in [3.63, 3.8) is 0 Å². The van der Waals surface area contributed by atoms with Crippen LogP contribution in [0.1, 0.15) is 24.1 Å². The second-order valence-electron chi connectivity index (χ2n) is 6.09. The van der Waals surface area contributed by atoms with Gasteiger partial charge in [-0.1, -0.05) is 24.3 Å². The lowest BCUT2D eigenvalue weighted by molar-refractivity contribution is -0.139. The van der Waals surface area contributed by atoms with Crippen molar-refractivity contribution < 1.29 is 20.1 Å². The Hall–Kier alpha value is -2.99. The summed E-state index contributed by atoms with van der Waals surface area (Å²) in [6, 6.07) is 10.8. The van der Waals surface area contributed by atoms with Gasteiger partial charge in [-0.3, -0.25) is 10.1 Å². The maximum absolute atomic E-state index is 11.7. The van der Waals surface area contributed by atoms with E-state index in [9.17, 15) is 20.1 Å². The largest absolute Gasteiger partial charge is 0.508 e. The smallest absolute Gasteiger partial charge is 0.321 e. The summed E-state index contributed by atoms with van der Waals surface area (Å²) < 4.78 is 0. The fourth-order valence-corrected chi connectivity index (χ4v) is 3.03. The van der Waals surface area contributed by atoms with Crippen molar-refractivity contribution in [2.45, 2.75) is 25.4 Å². The minimum absolute atomic E-state index is 0.0398. The van der Waals surface area contributed by atoms with Crippen molar-refractivity contribution in [2.24, 2.45) is 0 Å². The fraction of sp³-hybridized carbons (Fsp3) is 0.211. The lowest BCUT2D eigenvalue weighted by Gasteiger charge is -2.21. The highest BCUT2D eigenvalue weighted by Gasteiger charge is 2.23. The fourth-order valence-electron chi connectivity index (χ4n) is 3.03. The van der Waals surface area contributed by atoms with E-state index in [1.165, 1.54) is 12.1 Å². The van der Waals surface area contributed by atoms with Crippen LogP contribution in [0.4, 0.5) is 0 Å². The first-order valence-corrected chi connectivity index (χ1v) is 8.01. The maximum atomic E-state index is 11.7. The summed E-state index contributed by atoms with van der Waals surface area (Å²) >= 11 is 0. The number of carboxylic acids is 1. The topological polar surface area (TPSA) is 106 Å². The van der Waals surface area contributed by atoms with E-state index in [1.54, 1.807) is 13.0 Å². The molecule has 1 heterocycles. The Bertz CT molecular complexity index is 903. The van der Waals surface area contributed by atoms with Gasteiger partial charge in [0, 0.05) is 41.2 Å². The Balaban J connectivity index is 1.80. The number of carboxylic acid groups (broad SMARTS) is 1. The molecule has 0 bridgehead atoms. The average Bonchev–Trinajstić information content (AvgIpc) is 2.97. The number of carbonyl (C=O) groups is 1. The predicted octanol–water partition coefficient (Wildman–Crippen LogP) is 2.93. The van der Waals surface area contributed by atoms with Gasteiger partial charge in [0.05, 0.1) is 0 Å². The zero-order valence-corrected chi connectivity index (χ0v) is 13.7. The summed E-state index contributed by atoms with van der Waals surface area (Å²) in [5.74, 6) is -1.08. The number of aliphatic carboxylic acids is 1. The van der Waals surface area contributed by atoms with Crippen molar-refractivity contribution in [1.82, 2.24) is 10.3 Å². The second-order valence-corrected chi connectivity index (χ2v) is 6.09. The predicted molar refractivity (Wildman–Crippen MR) is 94.7 cm³/mol. The van der Waals surface area contributed by atoms with E-state index in [0.29, 0.717) is 12.0 Å². The van der Waals surface area contributed by atoms with E-state index in [-0.39, 0.29) is 11.5 Å². The molecule has 0 aliphatic rings. The highest BCUT2D eigenvalue weighted by Crippen LogP contribution is 2.28. The van der Waals surface area contributed by atoms with Crippen LogP contribution in [0.3, 0.4) is 0 Å². The van der Waals surface area contributed by atoms with E-state index in [4.69, 9.17) is 0 Å². The van der Waals surface area contributed by atoms with Crippen LogP contribution in [-0.2, 0) is 11.2 Å². The lowest BCUT2D eigenvalue weighted by Crippen LogP contribution is -2.40. The van der Waals surface area contributed by atoms with Gasteiger partial charge in [0.15, 0.2) is 0 Å². The van der Waals surface area contributed by atoms with Gasteiger partial charge in [-0.2, -0.15) is 0 Å². The Morgan fingerprint density at radius 1 is 1.20 bits per heavy atom. The van der Waals surface area contributed by atoms with Gasteiger partial charge in [0.25, 0.3) is 0 Å². The van der Waals surface area contributed by atoms with Crippen LogP contribution >= 0.6 is 0 Å². The van der Waals surface area contributed by atoms with E-state index >= 15 is 0 Å². The number of aromatic nitrogens is 1. The number of rotatable bonds is 6. The van der Waals surface area contributed by atoms with Crippen molar-refractivity contribution in [2.75, 3.05) is 0 Å². The number of phenolic OH excluding ortho intramolecular Hbond substituents is 2. The number of benzene rings is 2. The number of aromatic hydroxyl groups is 2. The molecule has 0 saturated carbocycles. The number of hydrogen-bond donors (Lipinski definition) is 5. The van der Waals surface area contributed by atoms with Gasteiger partial charge in [-0.15, -0.1) is 0 Å². The molecular formula is C19H20N2O4. The highest BCUT2D eigenvalue weighted by atomic mass is 16.4. The van der Waals surface area contributed by atoms with Crippen LogP contribution < -0.4 is 5.32 Å². The summed E-state index contributed by atoms with van der Waals surface area (Å²) in [5, 5.41) is 33.0. The summed E-state index contributed by atoms with van der Waals surface area (Å²) in [7, 11) is 0. The number of aromatic amines is 1. The average molecular weight is 340 g/mol. The van der Waals surface area contributed by atoms with Gasteiger partial charge in [0.2, 0.25) is 0 Å². The third-order valence-electron chi connectivity index (χ3n) is 4.33. The quantitative estimate of drug-likeness (QED) is 0.474. The Kier molecular flexibility index (Phi) is 4.63. The zero-order valence-electron chi connectivity index (χ0n) is 13.7. The Morgan fingerprint density at radius 2 is 1.96 bits per heavy atom. The minimum Gasteiger partial charge on any atom is -0.508 e. The van der Waals surface area contributed by atoms with E-state index in [2.05, 4.69) is 10.3 Å². The van der Waals surface area contributed by atoms with E-state index in [1.807, 2.05) is 30.5 Å². The molecule has 25 heavy (non-hydrogen) atoms. The zero-order chi connectivity index (χ0) is 18.0. The summed E-state index contributed by atoms with van der Waals surface area (Å²) in [4.78, 5) is 14.8. The Labute approximate surface area is 144 Å². The monoisotopic (exact) mass is 340 g/mol. The molecule has 0 saturated heterocycles. The van der Waals surface area contributed by atoms with E-state index < -0.39 is 18.1 Å². The van der Waals surface area contributed by atoms with Crippen LogP contribution in [0.2, 0.25) is 0 Å². The summed E-state index contributed by atoms with van der Waals surface area (Å²) in [6.07, 6.45) is 2.13. The number of nitrogens with one attached hydrogen (secondary N) is 2. The summed E-state index contributed by atoms with van der Waals surface area (Å²) in [6.45, 7) is 1.78. The number of fused-ring (bicyclic) bond motifs is 1. The molecule has 0 radical (unpaired) electrons. The third-order valence-corrected chi connectivity index (χ3v) is 4.33. The standard InChI is InChI=1S/C19H20N2O4/c1-11(14-7-6-13(22)9-18(14)23)21-17(19(24)25)8-12-10-20-16-5-3-2-4-15(12)16/h2-7,9-11,17,20-23H,8H2,1H3,(H,24,25). The minimum atomic E-state index is -0.963. The van der Waals surface area contributed by atoms with Crippen LogP contribution in [0.15, 0.2) is 48.7 Å². The van der Waals surface area contributed by atoms with Gasteiger partial charge in [0.1, 0.15) is 17.5 Å². The molecule has 0 amide bonds. The van der Waals surface area contributed by atoms with Crippen LogP contribution in [0.25, 0.3) is 10.9 Å². The molecule has 1 aromatic heterocycles. The molecule has 2 atom stereocenters. The molecule has 0 fully saturated rings. The number of phenols is 2.